The van der Waals surface area contributed by atoms with Crippen molar-refractivity contribution in [1.29, 1.82) is 0 Å². The zero-order valence-electron chi connectivity index (χ0n) is 16.0. The van der Waals surface area contributed by atoms with E-state index in [0.29, 0.717) is 17.2 Å². The summed E-state index contributed by atoms with van der Waals surface area (Å²) in [6.07, 6.45) is 4.70. The van der Waals surface area contributed by atoms with Gasteiger partial charge in [-0.05, 0) is 19.1 Å². The Morgan fingerprint density at radius 1 is 1.14 bits per heavy atom. The van der Waals surface area contributed by atoms with Crippen LogP contribution in [0.2, 0.25) is 0 Å². The Kier molecular flexibility index (Phi) is 5.11. The molecule has 1 atom stereocenters. The quantitative estimate of drug-likeness (QED) is 0.511. The fraction of sp³-hybridized carbons (Fsp3) is 0.250. The van der Waals surface area contributed by atoms with E-state index in [0.717, 1.165) is 16.7 Å². The van der Waals surface area contributed by atoms with Crippen molar-refractivity contribution in [2.75, 3.05) is 11.9 Å². The maximum Gasteiger partial charge on any atom is 0.272 e. The molecule has 1 N–H and O–H groups in total. The van der Waals surface area contributed by atoms with Crippen molar-refractivity contribution < 1.29 is 13.5 Å². The third kappa shape index (κ3) is 4.03. The number of hydrogen-bond acceptors (Lipinski definition) is 5. The Labute approximate surface area is 165 Å². The lowest BCUT2D eigenvalue weighted by Gasteiger charge is -2.19. The van der Waals surface area contributed by atoms with Crippen LogP contribution in [0.25, 0.3) is 16.8 Å². The number of halogens is 2. The summed E-state index contributed by atoms with van der Waals surface area (Å²) < 4.78 is 33.7. The fourth-order valence-electron chi connectivity index (χ4n) is 3.14. The zero-order valence-corrected chi connectivity index (χ0v) is 16.0. The van der Waals surface area contributed by atoms with Crippen LogP contribution in [0.5, 0.6) is 5.75 Å². The van der Waals surface area contributed by atoms with E-state index in [9.17, 15) is 8.78 Å². The molecule has 7 nitrogen and oxygen atoms in total. The zero-order chi connectivity index (χ0) is 20.4. The summed E-state index contributed by atoms with van der Waals surface area (Å²) in [6, 6.07) is 8.74. The number of hydrogen-bond donors (Lipinski definition) is 1. The molecule has 0 spiro atoms. The molecule has 9 heteroatoms. The number of para-hydroxylation sites is 1. The van der Waals surface area contributed by atoms with Gasteiger partial charge >= 0.3 is 0 Å². The van der Waals surface area contributed by atoms with E-state index < -0.39 is 13.0 Å². The van der Waals surface area contributed by atoms with Gasteiger partial charge in [0.25, 0.3) is 6.43 Å². The highest BCUT2D eigenvalue weighted by Gasteiger charge is 2.15. The first-order valence-electron chi connectivity index (χ1n) is 9.11. The molecule has 0 radical (unpaired) electrons. The lowest BCUT2D eigenvalue weighted by atomic mass is 10.1. The van der Waals surface area contributed by atoms with Crippen molar-refractivity contribution in [2.24, 2.45) is 7.05 Å². The number of aryl methyl sites for hydroxylation is 1. The number of aromatic nitrogens is 5. The minimum atomic E-state index is -2.52. The number of ether oxygens (including phenoxy) is 1. The van der Waals surface area contributed by atoms with Gasteiger partial charge in [-0.3, -0.25) is 4.68 Å². The monoisotopic (exact) mass is 398 g/mol. The minimum absolute atomic E-state index is 0.205. The summed E-state index contributed by atoms with van der Waals surface area (Å²) in [7, 11) is 1.85. The van der Waals surface area contributed by atoms with Crippen molar-refractivity contribution >= 4 is 11.5 Å². The largest absolute Gasteiger partial charge is 0.487 e. The number of fused-ring (bicyclic) bond motifs is 1. The van der Waals surface area contributed by atoms with Crippen molar-refractivity contribution in [3.63, 3.8) is 0 Å². The third-order valence-corrected chi connectivity index (χ3v) is 4.50. The highest BCUT2D eigenvalue weighted by molar-refractivity contribution is 5.76. The van der Waals surface area contributed by atoms with Crippen LogP contribution in [0.1, 0.15) is 18.5 Å². The molecule has 29 heavy (non-hydrogen) atoms. The molecule has 3 aromatic heterocycles. The van der Waals surface area contributed by atoms with Gasteiger partial charge in [-0.1, -0.05) is 18.2 Å². The average molecular weight is 398 g/mol. The molecule has 150 valence electrons. The van der Waals surface area contributed by atoms with E-state index in [4.69, 9.17) is 4.74 Å². The van der Waals surface area contributed by atoms with Crippen LogP contribution in [0.4, 0.5) is 14.6 Å². The highest BCUT2D eigenvalue weighted by atomic mass is 19.3. The van der Waals surface area contributed by atoms with Crippen LogP contribution in [-0.4, -0.2) is 37.4 Å². The van der Waals surface area contributed by atoms with E-state index in [2.05, 4.69) is 20.5 Å². The molecule has 4 aromatic rings. The van der Waals surface area contributed by atoms with Crippen LogP contribution in [0.15, 0.2) is 55.1 Å². The molecular weight excluding hydrogens is 378 g/mol. The normalized spacial score (nSPS) is 12.4. The molecule has 0 saturated carbocycles. The van der Waals surface area contributed by atoms with Gasteiger partial charge in [-0.15, -0.1) is 0 Å². The number of anilines is 1. The Balaban J connectivity index is 1.60. The predicted molar refractivity (Wildman–Crippen MR) is 105 cm³/mol. The summed E-state index contributed by atoms with van der Waals surface area (Å²) in [5.41, 5.74) is 3.26. The summed E-state index contributed by atoms with van der Waals surface area (Å²) in [5.74, 6) is 1.06. The second-order valence-corrected chi connectivity index (χ2v) is 6.65. The Morgan fingerprint density at radius 3 is 2.72 bits per heavy atom. The predicted octanol–water partition coefficient (Wildman–Crippen LogP) is 3.95. The molecule has 1 aromatic carbocycles. The molecule has 0 aliphatic heterocycles. The van der Waals surface area contributed by atoms with Crippen LogP contribution >= 0.6 is 0 Å². The average Bonchev–Trinajstić information content (AvgIpc) is 3.32. The van der Waals surface area contributed by atoms with Crippen LogP contribution < -0.4 is 10.1 Å². The van der Waals surface area contributed by atoms with E-state index in [1.807, 2.05) is 44.6 Å². The standard InChI is InChI=1S/C20H20F2N6O/c1-13(15-5-3-4-6-17(15)29-12-18(21)22)25-19-7-8-28-20(26-19)16(10-24-28)14-9-23-27(2)11-14/h3-11,13,18H,12H2,1-2H3,(H,25,26). The summed E-state index contributed by atoms with van der Waals surface area (Å²) in [6.45, 7) is 1.28. The maximum absolute atomic E-state index is 12.5. The Morgan fingerprint density at radius 2 is 1.97 bits per heavy atom. The molecule has 3 heterocycles. The van der Waals surface area contributed by atoms with Gasteiger partial charge in [-0.25, -0.2) is 18.3 Å². The van der Waals surface area contributed by atoms with Crippen LogP contribution in [0.3, 0.4) is 0 Å². The third-order valence-electron chi connectivity index (χ3n) is 4.50. The molecule has 0 saturated heterocycles. The SMILES string of the molecule is CC(Nc1ccn2ncc(-c3cnn(C)c3)c2n1)c1ccccc1OCC(F)F. The van der Waals surface area contributed by atoms with E-state index in [-0.39, 0.29) is 6.04 Å². The maximum atomic E-state index is 12.5. The first-order valence-corrected chi connectivity index (χ1v) is 9.11. The molecule has 4 rings (SSSR count). The Bertz CT molecular complexity index is 1120. The van der Waals surface area contributed by atoms with Crippen LogP contribution in [-0.2, 0) is 7.05 Å². The van der Waals surface area contributed by atoms with E-state index in [1.54, 1.807) is 33.7 Å². The molecular formula is C20H20F2N6O. The van der Waals surface area contributed by atoms with Crippen molar-refractivity contribution in [3.05, 3.63) is 60.7 Å². The summed E-state index contributed by atoms with van der Waals surface area (Å²) in [4.78, 5) is 4.68. The van der Waals surface area contributed by atoms with Gasteiger partial charge in [-0.2, -0.15) is 10.2 Å². The second kappa shape index (κ2) is 7.86. The van der Waals surface area contributed by atoms with Gasteiger partial charge in [0, 0.05) is 36.1 Å². The van der Waals surface area contributed by atoms with E-state index in [1.165, 1.54) is 0 Å². The van der Waals surface area contributed by atoms with Gasteiger partial charge in [0.15, 0.2) is 5.65 Å². The first-order chi connectivity index (χ1) is 14.0. The topological polar surface area (TPSA) is 69.3 Å². The Hall–Kier alpha value is -3.49. The minimum Gasteiger partial charge on any atom is -0.487 e. The summed E-state index contributed by atoms with van der Waals surface area (Å²) in [5, 5.41) is 11.8. The second-order valence-electron chi connectivity index (χ2n) is 6.65. The van der Waals surface area contributed by atoms with Crippen molar-refractivity contribution in [3.8, 4) is 16.9 Å². The number of benzene rings is 1. The van der Waals surface area contributed by atoms with E-state index >= 15 is 0 Å². The summed E-state index contributed by atoms with van der Waals surface area (Å²) >= 11 is 0. The number of alkyl halides is 2. The lowest BCUT2D eigenvalue weighted by molar-refractivity contribution is 0.0813. The fourth-order valence-corrected chi connectivity index (χ4v) is 3.14. The molecule has 0 bridgehead atoms. The van der Waals surface area contributed by atoms with Crippen molar-refractivity contribution in [2.45, 2.75) is 19.4 Å². The number of nitrogens with one attached hydrogen (secondary N) is 1. The number of rotatable bonds is 7. The molecule has 0 aliphatic rings. The van der Waals surface area contributed by atoms with Crippen molar-refractivity contribution in [1.82, 2.24) is 24.4 Å². The van der Waals surface area contributed by atoms with Gasteiger partial charge in [0.05, 0.1) is 18.4 Å². The smallest absolute Gasteiger partial charge is 0.272 e. The molecule has 1 unspecified atom stereocenters. The highest BCUT2D eigenvalue weighted by Crippen LogP contribution is 2.29. The molecule has 0 fully saturated rings. The van der Waals surface area contributed by atoms with Gasteiger partial charge in [0.1, 0.15) is 18.2 Å². The number of nitrogens with zero attached hydrogens (tertiary/aromatic N) is 5. The lowest BCUT2D eigenvalue weighted by Crippen LogP contribution is -2.13. The van der Waals surface area contributed by atoms with Gasteiger partial charge in [0.2, 0.25) is 0 Å². The molecule has 0 aliphatic carbocycles. The van der Waals surface area contributed by atoms with Crippen LogP contribution in [0, 0.1) is 0 Å². The molecule has 0 amide bonds. The first kappa shape index (κ1) is 18.9. The van der Waals surface area contributed by atoms with Gasteiger partial charge < -0.3 is 10.1 Å².